The number of carboxylic acids is 1. The first-order chi connectivity index (χ1) is 7.09. The van der Waals surface area contributed by atoms with E-state index in [1.165, 1.54) is 5.38 Å². The van der Waals surface area contributed by atoms with Gasteiger partial charge >= 0.3 is 5.97 Å². The zero-order chi connectivity index (χ0) is 11.3. The number of ketones is 1. The number of anilines is 1. The van der Waals surface area contributed by atoms with E-state index >= 15 is 0 Å². The molecule has 0 aliphatic rings. The Labute approximate surface area is 88.2 Å². The standard InChI is InChI=1S/C7H7N3O4S/c8-5-3-15-7(10-5)4(11)1-9-14-2-6(12)13/h1,3H,2,8H2,(H,12,13). The molecule has 0 bridgehead atoms. The maximum absolute atomic E-state index is 11.2. The first-order valence-corrected chi connectivity index (χ1v) is 4.60. The zero-order valence-electron chi connectivity index (χ0n) is 7.41. The van der Waals surface area contributed by atoms with Gasteiger partial charge in [-0.3, -0.25) is 4.79 Å². The molecule has 0 aliphatic carbocycles. The van der Waals surface area contributed by atoms with Crippen molar-refractivity contribution in [1.29, 1.82) is 0 Å². The predicted octanol–water partition coefficient (Wildman–Crippen LogP) is -0.00500. The molecule has 0 unspecified atom stereocenters. The second-order valence-corrected chi connectivity index (χ2v) is 3.20. The van der Waals surface area contributed by atoms with Gasteiger partial charge in [0.25, 0.3) is 0 Å². The van der Waals surface area contributed by atoms with Gasteiger partial charge in [0.2, 0.25) is 12.4 Å². The van der Waals surface area contributed by atoms with Crippen LogP contribution in [0.25, 0.3) is 0 Å². The molecular weight excluding hydrogens is 222 g/mol. The van der Waals surface area contributed by atoms with Crippen molar-refractivity contribution in [2.75, 3.05) is 12.3 Å². The normalized spacial score (nSPS) is 10.4. The lowest BCUT2D eigenvalue weighted by molar-refractivity contribution is -0.142. The lowest BCUT2D eigenvalue weighted by Crippen LogP contribution is -2.05. The van der Waals surface area contributed by atoms with E-state index in [9.17, 15) is 9.59 Å². The number of nitrogens with zero attached hydrogens (tertiary/aromatic N) is 2. The highest BCUT2D eigenvalue weighted by atomic mass is 32.1. The number of rotatable bonds is 5. The molecule has 0 aliphatic heterocycles. The maximum atomic E-state index is 11.2. The number of carboxylic acid groups (broad SMARTS) is 1. The van der Waals surface area contributed by atoms with Gasteiger partial charge in [-0.15, -0.1) is 11.3 Å². The molecule has 0 atom stereocenters. The number of aliphatic carboxylic acids is 1. The molecule has 0 saturated heterocycles. The van der Waals surface area contributed by atoms with Gasteiger partial charge in [0.05, 0.1) is 0 Å². The number of hydrogen-bond acceptors (Lipinski definition) is 7. The number of nitrogens with two attached hydrogens (primary N) is 1. The van der Waals surface area contributed by atoms with Crippen molar-refractivity contribution in [3.63, 3.8) is 0 Å². The fraction of sp³-hybridized carbons (Fsp3) is 0.143. The number of hydrogen-bond donors (Lipinski definition) is 2. The average molecular weight is 229 g/mol. The van der Waals surface area contributed by atoms with Crippen molar-refractivity contribution < 1.29 is 19.5 Å². The average Bonchev–Trinajstić information content (AvgIpc) is 2.59. The minimum Gasteiger partial charge on any atom is -0.479 e. The van der Waals surface area contributed by atoms with Crippen LogP contribution in [0.2, 0.25) is 0 Å². The van der Waals surface area contributed by atoms with Crippen molar-refractivity contribution in [1.82, 2.24) is 4.98 Å². The Bertz CT molecular complexity index is 401. The topological polar surface area (TPSA) is 115 Å². The Hall–Kier alpha value is -1.96. The molecule has 8 heteroatoms. The van der Waals surface area contributed by atoms with Crippen LogP contribution >= 0.6 is 11.3 Å². The van der Waals surface area contributed by atoms with Crippen molar-refractivity contribution >= 4 is 35.1 Å². The first kappa shape index (κ1) is 11.1. The molecule has 0 aromatic carbocycles. The molecule has 0 fully saturated rings. The Morgan fingerprint density at radius 3 is 3.00 bits per heavy atom. The molecule has 15 heavy (non-hydrogen) atoms. The molecule has 1 aromatic heterocycles. The summed E-state index contributed by atoms with van der Waals surface area (Å²) in [6.45, 7) is -0.593. The molecular formula is C7H7N3O4S. The van der Waals surface area contributed by atoms with E-state index in [0.29, 0.717) is 0 Å². The fourth-order valence-electron chi connectivity index (χ4n) is 0.632. The first-order valence-electron chi connectivity index (χ1n) is 3.72. The van der Waals surface area contributed by atoms with Crippen LogP contribution in [0.4, 0.5) is 5.82 Å². The summed E-state index contributed by atoms with van der Waals surface area (Å²) in [7, 11) is 0. The van der Waals surface area contributed by atoms with Gasteiger partial charge in [-0.1, -0.05) is 5.16 Å². The lowest BCUT2D eigenvalue weighted by atomic mass is 10.4. The van der Waals surface area contributed by atoms with Gasteiger partial charge < -0.3 is 15.7 Å². The number of aromatic nitrogens is 1. The van der Waals surface area contributed by atoms with Gasteiger partial charge in [0.15, 0.2) is 5.01 Å². The fourth-order valence-corrected chi connectivity index (χ4v) is 1.24. The third-order valence-electron chi connectivity index (χ3n) is 1.17. The number of Topliss-reactive ketones (excluding diaryl/α,β-unsaturated/α-hetero) is 1. The van der Waals surface area contributed by atoms with Crippen LogP contribution in [0.15, 0.2) is 10.5 Å². The molecule has 80 valence electrons. The zero-order valence-corrected chi connectivity index (χ0v) is 8.23. The summed E-state index contributed by atoms with van der Waals surface area (Å²) in [6.07, 6.45) is 0.848. The van der Waals surface area contributed by atoms with E-state index in [0.717, 1.165) is 17.6 Å². The highest BCUT2D eigenvalue weighted by Gasteiger charge is 2.07. The van der Waals surface area contributed by atoms with Crippen LogP contribution in [0.1, 0.15) is 9.80 Å². The van der Waals surface area contributed by atoms with Crippen LogP contribution in [0.3, 0.4) is 0 Å². The molecule has 3 N–H and O–H groups in total. The minimum atomic E-state index is -1.17. The summed E-state index contributed by atoms with van der Waals surface area (Å²) >= 11 is 1.07. The van der Waals surface area contributed by atoms with Gasteiger partial charge in [-0.25, -0.2) is 9.78 Å². The van der Waals surface area contributed by atoms with Gasteiger partial charge in [0, 0.05) is 5.38 Å². The third kappa shape index (κ3) is 3.73. The molecule has 1 aromatic rings. The number of carbonyl (C=O) groups excluding carboxylic acids is 1. The number of thiazole rings is 1. The number of oxime groups is 1. The monoisotopic (exact) mass is 229 g/mol. The minimum absolute atomic E-state index is 0.176. The van der Waals surface area contributed by atoms with Crippen LogP contribution in [-0.2, 0) is 9.63 Å². The Morgan fingerprint density at radius 1 is 1.73 bits per heavy atom. The number of nitrogen functional groups attached to an aromatic ring is 1. The van der Waals surface area contributed by atoms with Crippen molar-refractivity contribution in [3.8, 4) is 0 Å². The van der Waals surface area contributed by atoms with Crippen LogP contribution in [0, 0.1) is 0 Å². The molecule has 1 heterocycles. The smallest absolute Gasteiger partial charge is 0.344 e. The van der Waals surface area contributed by atoms with E-state index in [4.69, 9.17) is 10.8 Å². The Balaban J connectivity index is 2.45. The SMILES string of the molecule is Nc1csc(C(=O)C=NOCC(=O)O)n1. The quantitative estimate of drug-likeness (QED) is 0.417. The van der Waals surface area contributed by atoms with Crippen molar-refractivity contribution in [2.24, 2.45) is 5.16 Å². The van der Waals surface area contributed by atoms with Crippen LogP contribution in [0.5, 0.6) is 0 Å². The summed E-state index contributed by atoms with van der Waals surface area (Å²) in [6, 6.07) is 0. The summed E-state index contributed by atoms with van der Waals surface area (Å²) in [5, 5.41) is 13.0. The maximum Gasteiger partial charge on any atom is 0.344 e. The van der Waals surface area contributed by atoms with E-state index in [1.807, 2.05) is 0 Å². The van der Waals surface area contributed by atoms with Crippen molar-refractivity contribution in [3.05, 3.63) is 10.4 Å². The molecule has 1 rings (SSSR count). The second-order valence-electron chi connectivity index (χ2n) is 2.34. The highest BCUT2D eigenvalue weighted by molar-refractivity contribution is 7.12. The largest absolute Gasteiger partial charge is 0.479 e. The predicted molar refractivity (Wildman–Crippen MR) is 52.9 cm³/mol. The number of carbonyl (C=O) groups is 2. The lowest BCUT2D eigenvalue weighted by Gasteiger charge is -1.91. The van der Waals surface area contributed by atoms with Crippen molar-refractivity contribution in [2.45, 2.75) is 0 Å². The molecule has 0 amide bonds. The third-order valence-corrected chi connectivity index (χ3v) is 2.04. The van der Waals surface area contributed by atoms with Gasteiger partial charge in [-0.2, -0.15) is 0 Å². The summed E-state index contributed by atoms with van der Waals surface area (Å²) < 4.78 is 0. The van der Waals surface area contributed by atoms with Gasteiger partial charge in [-0.05, 0) is 0 Å². The summed E-state index contributed by atoms with van der Waals surface area (Å²) in [5.41, 5.74) is 5.30. The second kappa shape index (κ2) is 5.05. The van der Waals surface area contributed by atoms with Gasteiger partial charge in [0.1, 0.15) is 12.0 Å². The molecule has 7 nitrogen and oxygen atoms in total. The van der Waals surface area contributed by atoms with E-state index in [-0.39, 0.29) is 10.8 Å². The van der Waals surface area contributed by atoms with E-state index < -0.39 is 18.4 Å². The Kier molecular flexibility index (Phi) is 3.75. The molecule has 0 spiro atoms. The van der Waals surface area contributed by atoms with Crippen LogP contribution < -0.4 is 5.73 Å². The summed E-state index contributed by atoms with van der Waals surface area (Å²) in [4.78, 5) is 29.2. The van der Waals surface area contributed by atoms with E-state index in [2.05, 4.69) is 15.0 Å². The molecule has 0 radical (unpaired) electrons. The Morgan fingerprint density at radius 2 is 2.47 bits per heavy atom. The van der Waals surface area contributed by atoms with E-state index in [1.54, 1.807) is 0 Å². The van der Waals surface area contributed by atoms with Crippen LogP contribution in [-0.4, -0.2) is 34.7 Å². The molecule has 0 saturated carbocycles. The highest BCUT2D eigenvalue weighted by Crippen LogP contribution is 2.10. The summed E-state index contributed by atoms with van der Waals surface area (Å²) in [5.74, 6) is -1.40.